The van der Waals surface area contributed by atoms with E-state index in [1.54, 1.807) is 0 Å². The zero-order valence-electron chi connectivity index (χ0n) is 11.5. The number of amides is 1. The zero-order valence-corrected chi connectivity index (χ0v) is 11.5. The lowest BCUT2D eigenvalue weighted by Gasteiger charge is -2.27. The van der Waals surface area contributed by atoms with Gasteiger partial charge in [0.25, 0.3) is 0 Å². The van der Waals surface area contributed by atoms with Gasteiger partial charge in [0.2, 0.25) is 5.91 Å². The molecule has 1 amide bonds. The summed E-state index contributed by atoms with van der Waals surface area (Å²) in [6.45, 7) is 4.37. The number of anilines is 1. The average molecular weight is 245 g/mol. The number of nitrogens with one attached hydrogen (secondary N) is 1. The summed E-state index contributed by atoms with van der Waals surface area (Å²) in [4.78, 5) is 12.5. The molecule has 0 unspecified atom stereocenters. The molecule has 0 atom stereocenters. The number of benzene rings is 1. The Kier molecular flexibility index (Phi) is 4.05. The summed E-state index contributed by atoms with van der Waals surface area (Å²) in [6, 6.07) is 8.19. The summed E-state index contributed by atoms with van der Waals surface area (Å²) in [6.07, 6.45) is 6.47. The Morgan fingerprint density at radius 1 is 1.06 bits per heavy atom. The van der Waals surface area contributed by atoms with Crippen LogP contribution in [0.25, 0.3) is 0 Å². The van der Waals surface area contributed by atoms with Crippen LogP contribution in [0.3, 0.4) is 0 Å². The van der Waals surface area contributed by atoms with E-state index in [0.29, 0.717) is 0 Å². The second-order valence-electron chi connectivity index (χ2n) is 5.29. The first-order chi connectivity index (χ1) is 8.74. The first-order valence-electron chi connectivity index (χ1n) is 7.15. The second-order valence-corrected chi connectivity index (χ2v) is 5.29. The lowest BCUT2D eigenvalue weighted by molar-refractivity contribution is -0.121. The third kappa shape index (κ3) is 2.16. The van der Waals surface area contributed by atoms with E-state index in [2.05, 4.69) is 25.2 Å². The van der Waals surface area contributed by atoms with E-state index in [4.69, 9.17) is 0 Å². The Bertz CT molecular complexity index is 417. The lowest BCUT2D eigenvalue weighted by Crippen LogP contribution is -2.34. The minimum absolute atomic E-state index is 0.214. The van der Waals surface area contributed by atoms with Crippen LogP contribution < -0.4 is 5.32 Å². The standard InChI is InChI=1S/C16H23NO/c1-3-5-11-16(12-6-4-2)13-9-7-8-10-14(13)17-15(16)18/h7-10H,3-6,11-12H2,1-2H3,(H,17,18). The molecule has 1 aromatic carbocycles. The van der Waals surface area contributed by atoms with Crippen LogP contribution in [0.2, 0.25) is 0 Å². The number of hydrogen-bond donors (Lipinski definition) is 1. The molecule has 0 saturated carbocycles. The smallest absolute Gasteiger partial charge is 0.235 e. The quantitative estimate of drug-likeness (QED) is 0.797. The third-order valence-electron chi connectivity index (χ3n) is 4.04. The zero-order chi connectivity index (χ0) is 13.0. The van der Waals surface area contributed by atoms with Crippen LogP contribution in [-0.2, 0) is 10.2 Å². The SMILES string of the molecule is CCCCC1(CCCC)C(=O)Nc2ccccc21. The molecular formula is C16H23NO. The largest absolute Gasteiger partial charge is 0.325 e. The van der Waals surface area contributed by atoms with Gasteiger partial charge in [-0.3, -0.25) is 4.79 Å². The van der Waals surface area contributed by atoms with E-state index in [0.717, 1.165) is 44.2 Å². The predicted molar refractivity (Wildman–Crippen MR) is 75.8 cm³/mol. The van der Waals surface area contributed by atoms with E-state index < -0.39 is 0 Å². The fraction of sp³-hybridized carbons (Fsp3) is 0.562. The summed E-state index contributed by atoms with van der Waals surface area (Å²) in [7, 11) is 0. The molecule has 0 aliphatic carbocycles. The molecule has 0 fully saturated rings. The highest BCUT2D eigenvalue weighted by Crippen LogP contribution is 2.44. The van der Waals surface area contributed by atoms with Crippen LogP contribution in [0.15, 0.2) is 24.3 Å². The fourth-order valence-electron chi connectivity index (χ4n) is 2.95. The molecule has 0 bridgehead atoms. The predicted octanol–water partition coefficient (Wildman–Crippen LogP) is 4.26. The number of carbonyl (C=O) groups is 1. The Balaban J connectivity index is 2.35. The van der Waals surface area contributed by atoms with Crippen LogP contribution in [0.5, 0.6) is 0 Å². The molecule has 2 nitrogen and oxygen atoms in total. The van der Waals surface area contributed by atoms with Gasteiger partial charge in [0, 0.05) is 5.69 Å². The van der Waals surface area contributed by atoms with E-state index in [9.17, 15) is 4.79 Å². The number of rotatable bonds is 6. The normalized spacial score (nSPS) is 16.4. The van der Waals surface area contributed by atoms with E-state index in [-0.39, 0.29) is 11.3 Å². The molecule has 98 valence electrons. The Hall–Kier alpha value is -1.31. The topological polar surface area (TPSA) is 29.1 Å². The first-order valence-corrected chi connectivity index (χ1v) is 7.15. The maximum absolute atomic E-state index is 12.5. The summed E-state index contributed by atoms with van der Waals surface area (Å²) >= 11 is 0. The van der Waals surface area contributed by atoms with Gasteiger partial charge in [-0.25, -0.2) is 0 Å². The van der Waals surface area contributed by atoms with E-state index in [1.165, 1.54) is 5.56 Å². The Labute approximate surface area is 110 Å². The number of carbonyl (C=O) groups excluding carboxylic acids is 1. The molecule has 1 aromatic rings. The molecule has 2 rings (SSSR count). The van der Waals surface area contributed by atoms with Crippen molar-refractivity contribution in [3.63, 3.8) is 0 Å². The van der Waals surface area contributed by atoms with Crippen molar-refractivity contribution in [3.05, 3.63) is 29.8 Å². The van der Waals surface area contributed by atoms with Crippen molar-refractivity contribution in [3.8, 4) is 0 Å². The monoisotopic (exact) mass is 245 g/mol. The molecule has 1 aliphatic heterocycles. The minimum atomic E-state index is -0.261. The molecule has 1 heterocycles. The first kappa shape index (κ1) is 13.1. The van der Waals surface area contributed by atoms with E-state index in [1.807, 2.05) is 18.2 Å². The molecular weight excluding hydrogens is 222 g/mol. The van der Waals surface area contributed by atoms with Gasteiger partial charge >= 0.3 is 0 Å². The van der Waals surface area contributed by atoms with Gasteiger partial charge in [-0.05, 0) is 24.5 Å². The molecule has 1 aliphatic rings. The lowest BCUT2D eigenvalue weighted by atomic mass is 9.73. The average Bonchev–Trinajstić information content (AvgIpc) is 2.67. The number of hydrogen-bond acceptors (Lipinski definition) is 1. The van der Waals surface area contributed by atoms with Gasteiger partial charge in [-0.15, -0.1) is 0 Å². The summed E-state index contributed by atoms with van der Waals surface area (Å²) in [5.41, 5.74) is 1.98. The van der Waals surface area contributed by atoms with Gasteiger partial charge < -0.3 is 5.32 Å². The molecule has 0 spiro atoms. The molecule has 0 aromatic heterocycles. The number of unbranched alkanes of at least 4 members (excludes halogenated alkanes) is 2. The Morgan fingerprint density at radius 2 is 1.67 bits per heavy atom. The highest BCUT2D eigenvalue weighted by molar-refractivity contribution is 6.06. The second kappa shape index (κ2) is 5.55. The fourth-order valence-corrected chi connectivity index (χ4v) is 2.95. The van der Waals surface area contributed by atoms with Crippen molar-refractivity contribution in [2.45, 2.75) is 57.8 Å². The highest BCUT2D eigenvalue weighted by atomic mass is 16.2. The summed E-state index contributed by atoms with van der Waals surface area (Å²) in [5.74, 6) is 0.214. The van der Waals surface area contributed by atoms with E-state index >= 15 is 0 Å². The van der Waals surface area contributed by atoms with Crippen LogP contribution in [-0.4, -0.2) is 5.91 Å². The van der Waals surface area contributed by atoms with Crippen molar-refractivity contribution < 1.29 is 4.79 Å². The molecule has 0 radical (unpaired) electrons. The Morgan fingerprint density at radius 3 is 2.28 bits per heavy atom. The van der Waals surface area contributed by atoms with Gasteiger partial charge in [-0.1, -0.05) is 57.7 Å². The summed E-state index contributed by atoms with van der Waals surface area (Å²) < 4.78 is 0. The van der Waals surface area contributed by atoms with Gasteiger partial charge in [0.1, 0.15) is 0 Å². The number of fused-ring (bicyclic) bond motifs is 1. The number of para-hydroxylation sites is 1. The van der Waals surface area contributed by atoms with Crippen molar-refractivity contribution in [2.24, 2.45) is 0 Å². The maximum atomic E-state index is 12.5. The molecule has 0 saturated heterocycles. The van der Waals surface area contributed by atoms with Crippen LogP contribution in [0, 0.1) is 0 Å². The maximum Gasteiger partial charge on any atom is 0.235 e. The molecule has 1 N–H and O–H groups in total. The van der Waals surface area contributed by atoms with Crippen LogP contribution >= 0.6 is 0 Å². The van der Waals surface area contributed by atoms with Crippen LogP contribution in [0.4, 0.5) is 5.69 Å². The third-order valence-corrected chi connectivity index (χ3v) is 4.04. The van der Waals surface area contributed by atoms with Crippen molar-refractivity contribution in [1.82, 2.24) is 0 Å². The van der Waals surface area contributed by atoms with Gasteiger partial charge in [0.05, 0.1) is 5.41 Å². The van der Waals surface area contributed by atoms with Crippen molar-refractivity contribution in [1.29, 1.82) is 0 Å². The van der Waals surface area contributed by atoms with Crippen LogP contribution in [0.1, 0.15) is 57.9 Å². The highest BCUT2D eigenvalue weighted by Gasteiger charge is 2.45. The van der Waals surface area contributed by atoms with Gasteiger partial charge in [-0.2, -0.15) is 0 Å². The van der Waals surface area contributed by atoms with Crippen molar-refractivity contribution >= 4 is 11.6 Å². The summed E-state index contributed by atoms with van der Waals surface area (Å²) in [5, 5.41) is 3.07. The minimum Gasteiger partial charge on any atom is -0.325 e. The van der Waals surface area contributed by atoms with Crippen molar-refractivity contribution in [2.75, 3.05) is 5.32 Å². The molecule has 2 heteroatoms. The molecule has 18 heavy (non-hydrogen) atoms. The van der Waals surface area contributed by atoms with Gasteiger partial charge in [0.15, 0.2) is 0 Å².